The van der Waals surface area contributed by atoms with Gasteiger partial charge in [0.25, 0.3) is 0 Å². The summed E-state index contributed by atoms with van der Waals surface area (Å²) in [7, 11) is 0. The van der Waals surface area contributed by atoms with Crippen LogP contribution >= 0.6 is 0 Å². The van der Waals surface area contributed by atoms with Crippen LogP contribution in [0.5, 0.6) is 0 Å². The van der Waals surface area contributed by atoms with E-state index >= 15 is 0 Å². The van der Waals surface area contributed by atoms with Crippen LogP contribution in [0.2, 0.25) is 0 Å². The second-order valence-electron chi connectivity index (χ2n) is 8.55. The van der Waals surface area contributed by atoms with Crippen molar-refractivity contribution in [2.45, 2.75) is 49.9 Å². The number of primary amides is 2. The summed E-state index contributed by atoms with van der Waals surface area (Å²) in [5.74, 6) is -5.96. The van der Waals surface area contributed by atoms with E-state index in [0.29, 0.717) is 5.56 Å². The van der Waals surface area contributed by atoms with Crippen molar-refractivity contribution < 1.29 is 39.0 Å². The number of aromatic amines is 1. The van der Waals surface area contributed by atoms with Crippen molar-refractivity contribution in [3.63, 3.8) is 0 Å². The molecule has 4 atom stereocenters. The number of carboxylic acid groups (broad SMARTS) is 1. The molecule has 0 bridgehead atoms. The van der Waals surface area contributed by atoms with Gasteiger partial charge in [0.2, 0.25) is 29.5 Å². The Labute approximate surface area is 216 Å². The SMILES string of the molecule is NC(=O)CCC(NC(=O)C(N)CO)C(=O)NC(Cc1c[nH]c2ccccc12)C(=O)NC(CC(N)=O)C(=O)O. The number of aromatic nitrogens is 1. The maximum Gasteiger partial charge on any atom is 0.326 e. The third-order valence-corrected chi connectivity index (χ3v) is 5.60. The zero-order valence-electron chi connectivity index (χ0n) is 20.3. The summed E-state index contributed by atoms with van der Waals surface area (Å²) < 4.78 is 0. The first-order chi connectivity index (χ1) is 17.9. The maximum absolute atomic E-state index is 13.1. The summed E-state index contributed by atoms with van der Waals surface area (Å²) in [6.45, 7) is -0.710. The van der Waals surface area contributed by atoms with Gasteiger partial charge in [-0.05, 0) is 18.1 Å². The predicted molar refractivity (Wildman–Crippen MR) is 133 cm³/mol. The van der Waals surface area contributed by atoms with Crippen LogP contribution in [-0.4, -0.2) is 81.5 Å². The molecule has 0 radical (unpaired) electrons. The van der Waals surface area contributed by atoms with Gasteiger partial charge in [-0.1, -0.05) is 18.2 Å². The van der Waals surface area contributed by atoms with Crippen LogP contribution in [0.1, 0.15) is 24.8 Å². The van der Waals surface area contributed by atoms with Crippen LogP contribution in [0, 0.1) is 0 Å². The monoisotopic (exact) mass is 533 g/mol. The Morgan fingerprint density at radius 3 is 2.08 bits per heavy atom. The summed E-state index contributed by atoms with van der Waals surface area (Å²) in [5, 5.41) is 26.2. The zero-order valence-corrected chi connectivity index (χ0v) is 20.3. The van der Waals surface area contributed by atoms with E-state index < -0.39 is 72.7 Å². The average molecular weight is 534 g/mol. The van der Waals surface area contributed by atoms with E-state index in [4.69, 9.17) is 22.3 Å². The second-order valence-corrected chi connectivity index (χ2v) is 8.55. The zero-order chi connectivity index (χ0) is 28.4. The highest BCUT2D eigenvalue weighted by Gasteiger charge is 2.31. The van der Waals surface area contributed by atoms with Crippen molar-refractivity contribution in [2.24, 2.45) is 17.2 Å². The van der Waals surface area contributed by atoms with Crippen LogP contribution in [0.4, 0.5) is 0 Å². The minimum atomic E-state index is -1.66. The number of aliphatic carboxylic acids is 1. The molecular weight excluding hydrogens is 502 g/mol. The van der Waals surface area contributed by atoms with Gasteiger partial charge in [-0.15, -0.1) is 0 Å². The molecule has 1 heterocycles. The van der Waals surface area contributed by atoms with E-state index in [1.165, 1.54) is 0 Å². The number of rotatable bonds is 15. The topological polar surface area (TPSA) is 273 Å². The minimum Gasteiger partial charge on any atom is -0.480 e. The highest BCUT2D eigenvalue weighted by Crippen LogP contribution is 2.19. The van der Waals surface area contributed by atoms with E-state index in [1.54, 1.807) is 30.5 Å². The molecule has 4 unspecified atom stereocenters. The number of nitrogens with one attached hydrogen (secondary N) is 4. The van der Waals surface area contributed by atoms with Gasteiger partial charge in [-0.3, -0.25) is 24.0 Å². The molecule has 0 aliphatic rings. The van der Waals surface area contributed by atoms with Crippen molar-refractivity contribution in [3.05, 3.63) is 36.0 Å². The Morgan fingerprint density at radius 1 is 0.868 bits per heavy atom. The van der Waals surface area contributed by atoms with Gasteiger partial charge in [0.1, 0.15) is 24.2 Å². The quantitative estimate of drug-likeness (QED) is 0.111. The third-order valence-electron chi connectivity index (χ3n) is 5.60. The minimum absolute atomic E-state index is 0.114. The molecule has 0 spiro atoms. The maximum atomic E-state index is 13.1. The molecule has 15 heteroatoms. The smallest absolute Gasteiger partial charge is 0.326 e. The first-order valence-electron chi connectivity index (χ1n) is 11.5. The number of benzene rings is 1. The van der Waals surface area contributed by atoms with Gasteiger partial charge in [0.05, 0.1) is 13.0 Å². The molecule has 0 aliphatic carbocycles. The number of carbonyl (C=O) groups excluding carboxylic acids is 5. The molecular formula is C23H31N7O8. The van der Waals surface area contributed by atoms with E-state index in [1.807, 2.05) is 0 Å². The summed E-state index contributed by atoms with van der Waals surface area (Å²) in [4.78, 5) is 75.6. The summed E-state index contributed by atoms with van der Waals surface area (Å²) >= 11 is 0. The molecule has 2 rings (SSSR count). The number of carbonyl (C=O) groups is 6. The Balaban J connectivity index is 2.34. The number of hydrogen-bond donors (Lipinski definition) is 9. The molecule has 2 aromatic rings. The van der Waals surface area contributed by atoms with Crippen molar-refractivity contribution >= 4 is 46.4 Å². The van der Waals surface area contributed by atoms with Crippen molar-refractivity contribution in [2.75, 3.05) is 6.61 Å². The number of amides is 5. The number of aliphatic hydroxyl groups is 1. The largest absolute Gasteiger partial charge is 0.480 e. The Bertz CT molecular complexity index is 1200. The van der Waals surface area contributed by atoms with Crippen molar-refractivity contribution in [1.82, 2.24) is 20.9 Å². The van der Waals surface area contributed by atoms with Crippen LogP contribution in [0.3, 0.4) is 0 Å². The van der Waals surface area contributed by atoms with E-state index in [9.17, 15) is 33.9 Å². The van der Waals surface area contributed by atoms with Gasteiger partial charge in [0, 0.05) is 29.9 Å². The summed E-state index contributed by atoms with van der Waals surface area (Å²) in [6.07, 6.45) is 0.266. The second kappa shape index (κ2) is 13.7. The van der Waals surface area contributed by atoms with Crippen LogP contribution in [-0.2, 0) is 35.2 Å². The number of hydrogen-bond acceptors (Lipinski definition) is 8. The highest BCUT2D eigenvalue weighted by atomic mass is 16.4. The number of carboxylic acids is 1. The molecule has 206 valence electrons. The predicted octanol–water partition coefficient (Wildman–Crippen LogP) is -3.29. The highest BCUT2D eigenvalue weighted by molar-refractivity contribution is 5.95. The lowest BCUT2D eigenvalue weighted by Gasteiger charge is -2.25. The number of nitrogens with two attached hydrogens (primary N) is 3. The molecule has 12 N–H and O–H groups in total. The Kier molecular flexibility index (Phi) is 10.7. The normalized spacial score (nSPS) is 14.1. The number of fused-ring (bicyclic) bond motifs is 1. The first-order valence-corrected chi connectivity index (χ1v) is 11.5. The fourth-order valence-electron chi connectivity index (χ4n) is 3.59. The number of para-hydroxylation sites is 1. The Morgan fingerprint density at radius 2 is 1.47 bits per heavy atom. The summed E-state index contributed by atoms with van der Waals surface area (Å²) in [6, 6.07) is 1.36. The molecule has 0 aliphatic heterocycles. The first kappa shape index (κ1) is 29.7. The van der Waals surface area contributed by atoms with Gasteiger partial charge in [0.15, 0.2) is 0 Å². The lowest BCUT2D eigenvalue weighted by molar-refractivity contribution is -0.143. The molecule has 38 heavy (non-hydrogen) atoms. The van der Waals surface area contributed by atoms with Gasteiger partial charge >= 0.3 is 5.97 Å². The molecule has 5 amide bonds. The number of aliphatic hydroxyl groups excluding tert-OH is 1. The Hall–Kier alpha value is -4.50. The van der Waals surface area contributed by atoms with E-state index in [2.05, 4.69) is 20.9 Å². The van der Waals surface area contributed by atoms with Gasteiger partial charge in [-0.25, -0.2) is 4.79 Å². The molecule has 15 nitrogen and oxygen atoms in total. The molecule has 0 fully saturated rings. The molecule has 1 aromatic carbocycles. The average Bonchev–Trinajstić information content (AvgIpc) is 3.27. The van der Waals surface area contributed by atoms with Gasteiger partial charge < -0.3 is 48.3 Å². The van der Waals surface area contributed by atoms with E-state index in [0.717, 1.165) is 10.9 Å². The van der Waals surface area contributed by atoms with Crippen LogP contribution < -0.4 is 33.2 Å². The fraction of sp³-hybridized carbons (Fsp3) is 0.391. The lowest BCUT2D eigenvalue weighted by atomic mass is 10.0. The molecule has 1 aromatic heterocycles. The van der Waals surface area contributed by atoms with Crippen LogP contribution in [0.25, 0.3) is 10.9 Å². The molecule has 0 saturated carbocycles. The number of H-pyrrole nitrogens is 1. The fourth-order valence-corrected chi connectivity index (χ4v) is 3.59. The van der Waals surface area contributed by atoms with Crippen molar-refractivity contribution in [1.29, 1.82) is 0 Å². The molecule has 0 saturated heterocycles. The van der Waals surface area contributed by atoms with Crippen molar-refractivity contribution in [3.8, 4) is 0 Å². The van der Waals surface area contributed by atoms with Gasteiger partial charge in [-0.2, -0.15) is 0 Å². The standard InChI is InChI=1S/C23H31N7O8/c24-13(10-31)20(34)28-15(5-6-18(25)32)21(35)29-16(22(36)30-17(23(37)38)8-19(26)33)7-11-9-27-14-4-2-1-3-12(11)14/h1-4,9,13,15-17,27,31H,5-8,10,24H2,(H2,25,32)(H2,26,33)(H,28,34)(H,29,35)(H,30,36)(H,37,38). The third kappa shape index (κ3) is 8.56. The summed E-state index contributed by atoms with van der Waals surface area (Å²) in [5.41, 5.74) is 17.1. The lowest BCUT2D eigenvalue weighted by Crippen LogP contribution is -2.58. The van der Waals surface area contributed by atoms with Crippen LogP contribution in [0.15, 0.2) is 30.5 Å². The van der Waals surface area contributed by atoms with E-state index in [-0.39, 0.29) is 19.3 Å².